The molecule has 0 saturated heterocycles. The Morgan fingerprint density at radius 2 is 2.18 bits per heavy atom. The number of hydrogen-bond donors (Lipinski definition) is 1. The number of pyridine rings is 1. The second kappa shape index (κ2) is 4.78. The first kappa shape index (κ1) is 11.3. The topological polar surface area (TPSA) is 51.3 Å². The maximum absolute atomic E-state index is 5.58. The number of benzene rings is 1. The number of aryl methyl sites for hydroxylation is 1. The van der Waals surface area contributed by atoms with Crippen LogP contribution in [0.25, 0.3) is 16.5 Å². The van der Waals surface area contributed by atoms with Crippen molar-refractivity contribution in [1.82, 2.24) is 4.98 Å². The summed E-state index contributed by atoms with van der Waals surface area (Å²) in [5.41, 5.74) is 9.66. The quantitative estimate of drug-likeness (QED) is 0.798. The van der Waals surface area contributed by atoms with Gasteiger partial charge in [0.2, 0.25) is 0 Å². The van der Waals surface area contributed by atoms with Gasteiger partial charge in [-0.15, -0.1) is 0 Å². The molecule has 0 spiro atoms. The van der Waals surface area contributed by atoms with E-state index in [0.717, 1.165) is 22.0 Å². The Bertz CT molecular complexity index is 597. The Balaban J connectivity index is 2.57. The molecule has 1 heterocycles. The molecule has 0 aliphatic heterocycles. The molecular formula is C14H15N3. The Morgan fingerprint density at radius 3 is 2.88 bits per heavy atom. The molecule has 0 aliphatic carbocycles. The van der Waals surface area contributed by atoms with E-state index in [1.807, 2.05) is 12.3 Å². The minimum Gasteiger partial charge on any atom is -0.404 e. The first-order chi connectivity index (χ1) is 8.24. The standard InChI is InChI=1S/C14H15N3/c1-10-3-4-14-11(5-10)6-12(9-17-14)13(7-15)8-16-2/h3-9H,15H2,1-2H3/b13-7+,16-8?. The third-order valence-corrected chi connectivity index (χ3v) is 2.62. The molecule has 86 valence electrons. The third kappa shape index (κ3) is 2.33. The fraction of sp³-hybridized carbons (Fsp3) is 0.143. The van der Waals surface area contributed by atoms with Crippen molar-refractivity contribution in [1.29, 1.82) is 0 Å². The Kier molecular flexibility index (Phi) is 3.19. The van der Waals surface area contributed by atoms with Gasteiger partial charge >= 0.3 is 0 Å². The molecule has 0 bridgehead atoms. The molecule has 1 aromatic carbocycles. The van der Waals surface area contributed by atoms with Crippen LogP contribution >= 0.6 is 0 Å². The second-order valence-corrected chi connectivity index (χ2v) is 3.93. The number of nitrogens with two attached hydrogens (primary N) is 1. The summed E-state index contributed by atoms with van der Waals surface area (Å²) in [7, 11) is 1.72. The van der Waals surface area contributed by atoms with E-state index in [0.29, 0.717) is 0 Å². The van der Waals surface area contributed by atoms with Crippen molar-refractivity contribution < 1.29 is 0 Å². The molecular weight excluding hydrogens is 210 g/mol. The van der Waals surface area contributed by atoms with Crippen LogP contribution in [0.2, 0.25) is 0 Å². The van der Waals surface area contributed by atoms with Crippen molar-refractivity contribution in [3.8, 4) is 0 Å². The summed E-state index contributed by atoms with van der Waals surface area (Å²) in [5, 5.41) is 1.12. The maximum Gasteiger partial charge on any atom is 0.0702 e. The summed E-state index contributed by atoms with van der Waals surface area (Å²) >= 11 is 0. The van der Waals surface area contributed by atoms with Crippen molar-refractivity contribution in [2.45, 2.75) is 6.92 Å². The highest BCUT2D eigenvalue weighted by Gasteiger charge is 2.01. The van der Waals surface area contributed by atoms with E-state index in [-0.39, 0.29) is 0 Å². The molecule has 2 N–H and O–H groups in total. The highest BCUT2D eigenvalue weighted by Crippen LogP contribution is 2.18. The SMILES string of the molecule is CN=C/C(=C\N)c1cnc2ccc(C)cc2c1. The van der Waals surface area contributed by atoms with Gasteiger partial charge in [-0.05, 0) is 25.1 Å². The molecule has 0 radical (unpaired) electrons. The number of nitrogens with zero attached hydrogens (tertiary/aromatic N) is 2. The summed E-state index contributed by atoms with van der Waals surface area (Å²) in [4.78, 5) is 8.40. The largest absolute Gasteiger partial charge is 0.404 e. The summed E-state index contributed by atoms with van der Waals surface area (Å²) in [6, 6.07) is 8.27. The highest BCUT2D eigenvalue weighted by molar-refractivity contribution is 6.10. The predicted octanol–water partition coefficient (Wildman–Crippen LogP) is 2.54. The van der Waals surface area contributed by atoms with Crippen LogP contribution in [-0.2, 0) is 0 Å². The van der Waals surface area contributed by atoms with Gasteiger partial charge in [0, 0.05) is 42.2 Å². The Morgan fingerprint density at radius 1 is 1.35 bits per heavy atom. The van der Waals surface area contributed by atoms with Gasteiger partial charge in [0.25, 0.3) is 0 Å². The average molecular weight is 225 g/mol. The molecule has 17 heavy (non-hydrogen) atoms. The molecule has 0 unspecified atom stereocenters. The van der Waals surface area contributed by atoms with Gasteiger partial charge in [0.05, 0.1) is 5.52 Å². The smallest absolute Gasteiger partial charge is 0.0702 e. The second-order valence-electron chi connectivity index (χ2n) is 3.93. The van der Waals surface area contributed by atoms with E-state index in [1.165, 1.54) is 5.56 Å². The van der Waals surface area contributed by atoms with Gasteiger partial charge in [-0.3, -0.25) is 9.98 Å². The number of aromatic nitrogens is 1. The average Bonchev–Trinajstić information content (AvgIpc) is 2.35. The first-order valence-corrected chi connectivity index (χ1v) is 5.45. The van der Waals surface area contributed by atoms with Crippen LogP contribution < -0.4 is 5.73 Å². The highest BCUT2D eigenvalue weighted by atomic mass is 14.7. The van der Waals surface area contributed by atoms with Crippen molar-refractivity contribution in [3.63, 3.8) is 0 Å². The van der Waals surface area contributed by atoms with Crippen LogP contribution in [0.4, 0.5) is 0 Å². The molecule has 0 atom stereocenters. The van der Waals surface area contributed by atoms with Gasteiger partial charge in [0.1, 0.15) is 0 Å². The van der Waals surface area contributed by atoms with E-state index >= 15 is 0 Å². The normalized spacial score (nSPS) is 12.5. The lowest BCUT2D eigenvalue weighted by Crippen LogP contribution is -1.93. The van der Waals surface area contributed by atoms with E-state index < -0.39 is 0 Å². The summed E-state index contributed by atoms with van der Waals surface area (Å²) < 4.78 is 0. The van der Waals surface area contributed by atoms with Crippen LogP contribution in [-0.4, -0.2) is 18.2 Å². The Labute approximate surface area is 101 Å². The van der Waals surface area contributed by atoms with Crippen molar-refractivity contribution in [2.24, 2.45) is 10.7 Å². The van der Waals surface area contributed by atoms with Gasteiger partial charge in [-0.25, -0.2) is 0 Å². The van der Waals surface area contributed by atoms with E-state index in [4.69, 9.17) is 5.73 Å². The van der Waals surface area contributed by atoms with E-state index in [2.05, 4.69) is 35.1 Å². The number of rotatable bonds is 2. The zero-order valence-corrected chi connectivity index (χ0v) is 10.0. The number of allylic oxidation sites excluding steroid dienone is 1. The minimum atomic E-state index is 0.878. The fourth-order valence-electron chi connectivity index (χ4n) is 1.76. The molecule has 0 saturated carbocycles. The van der Waals surface area contributed by atoms with Gasteiger partial charge in [0.15, 0.2) is 0 Å². The van der Waals surface area contributed by atoms with Gasteiger partial charge in [-0.2, -0.15) is 0 Å². The molecule has 3 heteroatoms. The third-order valence-electron chi connectivity index (χ3n) is 2.62. The summed E-state index contributed by atoms with van der Waals surface area (Å²) in [6.45, 7) is 2.07. The van der Waals surface area contributed by atoms with Crippen LogP contribution in [0, 0.1) is 6.92 Å². The van der Waals surface area contributed by atoms with E-state index in [1.54, 1.807) is 19.5 Å². The number of aliphatic imine (C=N–C) groups is 1. The zero-order valence-electron chi connectivity index (χ0n) is 10.0. The Hall–Kier alpha value is -2.16. The van der Waals surface area contributed by atoms with Crippen molar-refractivity contribution >= 4 is 22.7 Å². The maximum atomic E-state index is 5.58. The lowest BCUT2D eigenvalue weighted by molar-refractivity contribution is 1.37. The lowest BCUT2D eigenvalue weighted by atomic mass is 10.1. The molecule has 3 nitrogen and oxygen atoms in total. The van der Waals surface area contributed by atoms with E-state index in [9.17, 15) is 0 Å². The summed E-state index contributed by atoms with van der Waals surface area (Å²) in [6.07, 6.45) is 5.10. The van der Waals surface area contributed by atoms with Crippen LogP contribution in [0.5, 0.6) is 0 Å². The first-order valence-electron chi connectivity index (χ1n) is 5.45. The minimum absolute atomic E-state index is 0.878. The zero-order chi connectivity index (χ0) is 12.3. The molecule has 2 aromatic rings. The van der Waals surface area contributed by atoms with Crippen molar-refractivity contribution in [3.05, 3.63) is 47.8 Å². The molecule has 0 fully saturated rings. The fourth-order valence-corrected chi connectivity index (χ4v) is 1.76. The number of fused-ring (bicyclic) bond motifs is 1. The molecule has 1 aromatic heterocycles. The molecule has 0 amide bonds. The van der Waals surface area contributed by atoms with Crippen LogP contribution in [0.3, 0.4) is 0 Å². The van der Waals surface area contributed by atoms with Crippen LogP contribution in [0.1, 0.15) is 11.1 Å². The van der Waals surface area contributed by atoms with Crippen LogP contribution in [0.15, 0.2) is 41.7 Å². The molecule has 2 rings (SSSR count). The predicted molar refractivity (Wildman–Crippen MR) is 73.1 cm³/mol. The molecule has 0 aliphatic rings. The van der Waals surface area contributed by atoms with Crippen molar-refractivity contribution in [2.75, 3.05) is 7.05 Å². The summed E-state index contributed by atoms with van der Waals surface area (Å²) in [5.74, 6) is 0. The lowest BCUT2D eigenvalue weighted by Gasteiger charge is -2.04. The number of hydrogen-bond acceptors (Lipinski definition) is 3. The monoisotopic (exact) mass is 225 g/mol. The van der Waals surface area contributed by atoms with Gasteiger partial charge in [-0.1, -0.05) is 11.6 Å². The van der Waals surface area contributed by atoms with Gasteiger partial charge < -0.3 is 5.73 Å².